The van der Waals surface area contributed by atoms with E-state index in [0.29, 0.717) is 18.1 Å². The second kappa shape index (κ2) is 8.52. The molecule has 1 aliphatic rings. The standard InChI is InChI=1S/C26H21ClFN3O/c27-21-7-3-6-19(15-21)25-24-9-4-14-30(24)23-8-2-1-5-20(23)17-31(25)26(32)29-16-18-10-12-22(28)13-11-18/h1-15,25H,16-17H2,(H,29,32). The Kier molecular flexibility index (Phi) is 5.41. The van der Waals surface area contributed by atoms with Gasteiger partial charge in [0.2, 0.25) is 0 Å². The summed E-state index contributed by atoms with van der Waals surface area (Å²) in [4.78, 5) is 15.3. The number of benzene rings is 3. The molecule has 0 spiro atoms. The molecule has 0 bridgehead atoms. The molecule has 4 aromatic rings. The quantitative estimate of drug-likeness (QED) is 0.407. The number of amides is 2. The molecule has 0 saturated carbocycles. The van der Waals surface area contributed by atoms with Crippen LogP contribution in [0.5, 0.6) is 0 Å². The lowest BCUT2D eigenvalue weighted by Crippen LogP contribution is -2.41. The van der Waals surface area contributed by atoms with Gasteiger partial charge in [0, 0.05) is 23.5 Å². The lowest BCUT2D eigenvalue weighted by molar-refractivity contribution is 0.180. The molecule has 6 heteroatoms. The summed E-state index contributed by atoms with van der Waals surface area (Å²) in [6, 6.07) is 25.3. The average molecular weight is 446 g/mol. The normalized spacial score (nSPS) is 14.9. The van der Waals surface area contributed by atoms with Gasteiger partial charge >= 0.3 is 6.03 Å². The SMILES string of the molecule is O=C(NCc1ccc(F)cc1)N1Cc2ccccc2-n2cccc2C1c1cccc(Cl)c1. The minimum atomic E-state index is -0.329. The fraction of sp³-hybridized carbons (Fsp3) is 0.115. The Balaban J connectivity index is 1.55. The second-order valence-electron chi connectivity index (χ2n) is 7.80. The molecule has 1 atom stereocenters. The average Bonchev–Trinajstić information content (AvgIpc) is 3.22. The first kappa shape index (κ1) is 20.3. The minimum Gasteiger partial charge on any atom is -0.334 e. The van der Waals surface area contributed by atoms with Crippen LogP contribution < -0.4 is 5.32 Å². The summed E-state index contributed by atoms with van der Waals surface area (Å²) in [7, 11) is 0. The van der Waals surface area contributed by atoms with Gasteiger partial charge in [-0.2, -0.15) is 0 Å². The third-order valence-corrected chi connectivity index (χ3v) is 5.98. The molecule has 1 aromatic heterocycles. The molecule has 3 aromatic carbocycles. The van der Waals surface area contributed by atoms with E-state index >= 15 is 0 Å². The molecule has 1 aliphatic heterocycles. The maximum Gasteiger partial charge on any atom is 0.318 e. The van der Waals surface area contributed by atoms with E-state index in [4.69, 9.17) is 11.6 Å². The molecule has 32 heavy (non-hydrogen) atoms. The highest BCUT2D eigenvalue weighted by molar-refractivity contribution is 6.30. The molecule has 5 rings (SSSR count). The maximum atomic E-state index is 13.5. The van der Waals surface area contributed by atoms with Crippen LogP contribution in [0.1, 0.15) is 28.4 Å². The largest absolute Gasteiger partial charge is 0.334 e. The van der Waals surface area contributed by atoms with E-state index in [2.05, 4.69) is 16.0 Å². The van der Waals surface area contributed by atoms with Gasteiger partial charge in [-0.05, 0) is 59.2 Å². The van der Waals surface area contributed by atoms with Gasteiger partial charge in [-0.1, -0.05) is 54.1 Å². The van der Waals surface area contributed by atoms with Crippen molar-refractivity contribution >= 4 is 17.6 Å². The van der Waals surface area contributed by atoms with Gasteiger partial charge in [0.25, 0.3) is 0 Å². The number of hydrogen-bond acceptors (Lipinski definition) is 1. The fourth-order valence-corrected chi connectivity index (χ4v) is 4.45. The van der Waals surface area contributed by atoms with E-state index in [1.165, 1.54) is 12.1 Å². The molecular weight excluding hydrogens is 425 g/mol. The van der Waals surface area contributed by atoms with Crippen molar-refractivity contribution in [3.8, 4) is 5.69 Å². The number of rotatable bonds is 3. The molecule has 0 fully saturated rings. The molecule has 1 N–H and O–H groups in total. The zero-order valence-electron chi connectivity index (χ0n) is 17.2. The number of aromatic nitrogens is 1. The van der Waals surface area contributed by atoms with Crippen LogP contribution in [0.2, 0.25) is 5.02 Å². The number of carbonyl (C=O) groups is 1. The van der Waals surface area contributed by atoms with Gasteiger partial charge in [-0.15, -0.1) is 0 Å². The van der Waals surface area contributed by atoms with Crippen LogP contribution >= 0.6 is 11.6 Å². The number of carbonyl (C=O) groups excluding carboxylic acids is 1. The van der Waals surface area contributed by atoms with Crippen LogP contribution in [0.4, 0.5) is 9.18 Å². The zero-order valence-corrected chi connectivity index (χ0v) is 18.0. The van der Waals surface area contributed by atoms with Crippen molar-refractivity contribution in [3.05, 3.63) is 124 Å². The van der Waals surface area contributed by atoms with Gasteiger partial charge in [-0.3, -0.25) is 0 Å². The monoisotopic (exact) mass is 445 g/mol. The second-order valence-corrected chi connectivity index (χ2v) is 8.24. The highest BCUT2D eigenvalue weighted by Gasteiger charge is 2.32. The molecule has 2 heterocycles. The van der Waals surface area contributed by atoms with Gasteiger partial charge < -0.3 is 14.8 Å². The van der Waals surface area contributed by atoms with Gasteiger partial charge in [0.15, 0.2) is 0 Å². The smallest absolute Gasteiger partial charge is 0.318 e. The molecule has 0 aliphatic carbocycles. The van der Waals surface area contributed by atoms with Crippen LogP contribution in [-0.4, -0.2) is 15.5 Å². The van der Waals surface area contributed by atoms with E-state index in [1.807, 2.05) is 65.7 Å². The summed E-state index contributed by atoms with van der Waals surface area (Å²) in [5, 5.41) is 3.63. The van der Waals surface area contributed by atoms with Crippen molar-refractivity contribution in [2.24, 2.45) is 0 Å². The third-order valence-electron chi connectivity index (χ3n) is 5.75. The Labute approximate surface area is 190 Å². The molecule has 1 unspecified atom stereocenters. The summed E-state index contributed by atoms with van der Waals surface area (Å²) in [6.45, 7) is 0.741. The van der Waals surface area contributed by atoms with Crippen LogP contribution in [-0.2, 0) is 13.1 Å². The Morgan fingerprint density at radius 3 is 2.62 bits per heavy atom. The van der Waals surface area contributed by atoms with E-state index in [0.717, 1.165) is 28.1 Å². The van der Waals surface area contributed by atoms with Crippen LogP contribution in [0.15, 0.2) is 91.1 Å². The molecular formula is C26H21ClFN3O. The van der Waals surface area contributed by atoms with Crippen LogP contribution in [0.3, 0.4) is 0 Å². The highest BCUT2D eigenvalue weighted by Crippen LogP contribution is 2.37. The Hall–Kier alpha value is -3.57. The van der Waals surface area contributed by atoms with Crippen LogP contribution in [0.25, 0.3) is 5.69 Å². The van der Waals surface area contributed by atoms with Crippen molar-refractivity contribution in [2.75, 3.05) is 0 Å². The van der Waals surface area contributed by atoms with E-state index in [9.17, 15) is 9.18 Å². The number of para-hydroxylation sites is 1. The topological polar surface area (TPSA) is 37.3 Å². The predicted molar refractivity (Wildman–Crippen MR) is 123 cm³/mol. The van der Waals surface area contributed by atoms with E-state index in [1.54, 1.807) is 12.1 Å². The maximum absolute atomic E-state index is 13.5. The van der Waals surface area contributed by atoms with Gasteiger partial charge in [-0.25, -0.2) is 9.18 Å². The van der Waals surface area contributed by atoms with Crippen LogP contribution in [0, 0.1) is 5.82 Å². The summed E-state index contributed by atoms with van der Waals surface area (Å²) in [6.07, 6.45) is 2.02. The summed E-state index contributed by atoms with van der Waals surface area (Å²) in [5.41, 5.74) is 4.84. The summed E-state index contributed by atoms with van der Waals surface area (Å²) < 4.78 is 15.4. The Morgan fingerprint density at radius 2 is 1.81 bits per heavy atom. The minimum absolute atomic E-state index is 0.205. The summed E-state index contributed by atoms with van der Waals surface area (Å²) >= 11 is 6.32. The first-order valence-electron chi connectivity index (χ1n) is 10.4. The van der Waals surface area contributed by atoms with Crippen molar-refractivity contribution in [1.29, 1.82) is 0 Å². The predicted octanol–water partition coefficient (Wildman–Crippen LogP) is 6.08. The molecule has 0 radical (unpaired) electrons. The van der Waals surface area contributed by atoms with E-state index in [-0.39, 0.29) is 17.9 Å². The van der Waals surface area contributed by atoms with Gasteiger partial charge in [0.05, 0.1) is 18.3 Å². The lowest BCUT2D eigenvalue weighted by Gasteiger charge is -2.31. The van der Waals surface area contributed by atoms with E-state index < -0.39 is 0 Å². The number of urea groups is 1. The Bertz CT molecular complexity index is 1270. The molecule has 2 amide bonds. The first-order valence-corrected chi connectivity index (χ1v) is 10.8. The number of fused-ring (bicyclic) bond motifs is 3. The number of halogens is 2. The summed E-state index contributed by atoms with van der Waals surface area (Å²) in [5.74, 6) is -0.300. The van der Waals surface area contributed by atoms with Crippen molar-refractivity contribution in [1.82, 2.24) is 14.8 Å². The number of hydrogen-bond donors (Lipinski definition) is 1. The van der Waals surface area contributed by atoms with Crippen molar-refractivity contribution in [3.63, 3.8) is 0 Å². The molecule has 160 valence electrons. The first-order chi connectivity index (χ1) is 15.6. The molecule has 4 nitrogen and oxygen atoms in total. The van der Waals surface area contributed by atoms with Crippen molar-refractivity contribution in [2.45, 2.75) is 19.1 Å². The number of nitrogens with one attached hydrogen (secondary N) is 1. The lowest BCUT2D eigenvalue weighted by atomic mass is 10.0. The zero-order chi connectivity index (χ0) is 22.1. The van der Waals surface area contributed by atoms with Gasteiger partial charge in [0.1, 0.15) is 5.82 Å². The molecule has 0 saturated heterocycles. The third kappa shape index (κ3) is 3.87. The Morgan fingerprint density at radius 1 is 1.00 bits per heavy atom. The van der Waals surface area contributed by atoms with Crippen molar-refractivity contribution < 1.29 is 9.18 Å². The highest BCUT2D eigenvalue weighted by atomic mass is 35.5. The number of nitrogens with zero attached hydrogens (tertiary/aromatic N) is 2. The fourth-order valence-electron chi connectivity index (χ4n) is 4.25.